The number of hydrogen-bond donors (Lipinski definition) is 1. The van der Waals surface area contributed by atoms with E-state index in [-0.39, 0.29) is 16.8 Å². The molecule has 1 aromatic heterocycles. The van der Waals surface area contributed by atoms with Gasteiger partial charge in [0.25, 0.3) is 5.91 Å². The Hall–Kier alpha value is -2.32. The fraction of sp³-hybridized carbons (Fsp3) is 0.389. The van der Waals surface area contributed by atoms with E-state index in [4.69, 9.17) is 0 Å². The van der Waals surface area contributed by atoms with Crippen molar-refractivity contribution in [2.24, 2.45) is 0 Å². The summed E-state index contributed by atoms with van der Waals surface area (Å²) in [5.74, 6) is -0.306. The molecule has 0 unspecified atom stereocenters. The van der Waals surface area contributed by atoms with Gasteiger partial charge in [-0.25, -0.2) is 8.42 Å². The van der Waals surface area contributed by atoms with Gasteiger partial charge in [0.2, 0.25) is 10.0 Å². The van der Waals surface area contributed by atoms with Crippen LogP contribution in [0.25, 0.3) is 0 Å². The first-order chi connectivity index (χ1) is 12.5. The quantitative estimate of drug-likeness (QED) is 0.829. The summed E-state index contributed by atoms with van der Waals surface area (Å²) in [6.07, 6.45) is 7.16. The van der Waals surface area contributed by atoms with Crippen molar-refractivity contribution in [3.8, 4) is 0 Å². The maximum Gasteiger partial charge on any atom is 0.251 e. The molecule has 1 N–H and O–H groups in total. The molecule has 3 rings (SSSR count). The number of carbonyl (C=O) groups is 1. The Bertz CT molecular complexity index is 865. The Morgan fingerprint density at radius 2 is 2.04 bits per heavy atom. The highest BCUT2D eigenvalue weighted by molar-refractivity contribution is 7.89. The van der Waals surface area contributed by atoms with Crippen LogP contribution in [0.4, 0.5) is 0 Å². The van der Waals surface area contributed by atoms with Crippen LogP contribution in [-0.2, 0) is 16.4 Å². The first-order valence-corrected chi connectivity index (χ1v) is 10.1. The van der Waals surface area contributed by atoms with Crippen molar-refractivity contribution in [2.75, 3.05) is 13.1 Å². The summed E-state index contributed by atoms with van der Waals surface area (Å²) in [7, 11) is -3.54. The average molecular weight is 374 g/mol. The summed E-state index contributed by atoms with van der Waals surface area (Å²) in [6.45, 7) is 2.94. The van der Waals surface area contributed by atoms with Crippen molar-refractivity contribution in [2.45, 2.75) is 37.1 Å². The van der Waals surface area contributed by atoms with Crippen LogP contribution in [0.5, 0.6) is 0 Å². The molecule has 1 saturated heterocycles. The van der Waals surface area contributed by atoms with Crippen LogP contribution in [0, 0.1) is 0 Å². The summed E-state index contributed by atoms with van der Waals surface area (Å²) in [4.78, 5) is 20.8. The third-order valence-corrected chi connectivity index (χ3v) is 6.20. The second-order valence-corrected chi connectivity index (χ2v) is 8.35. The topological polar surface area (TPSA) is 92.3 Å². The van der Waals surface area contributed by atoms with Crippen molar-refractivity contribution in [3.05, 3.63) is 54.1 Å². The Kier molecular flexibility index (Phi) is 5.63. The smallest absolute Gasteiger partial charge is 0.251 e. The van der Waals surface area contributed by atoms with Gasteiger partial charge in [-0.3, -0.25) is 14.8 Å². The zero-order valence-electron chi connectivity index (χ0n) is 14.6. The number of amides is 1. The minimum Gasteiger partial charge on any atom is -0.349 e. The Balaban J connectivity index is 1.70. The molecule has 8 heteroatoms. The third-order valence-electron chi connectivity index (χ3n) is 4.31. The van der Waals surface area contributed by atoms with Gasteiger partial charge in [-0.15, -0.1) is 0 Å². The molecule has 1 aromatic carbocycles. The molecular formula is C18H22N4O3S. The van der Waals surface area contributed by atoms with Crippen LogP contribution in [0.3, 0.4) is 0 Å². The fourth-order valence-electron chi connectivity index (χ4n) is 2.98. The van der Waals surface area contributed by atoms with Crippen molar-refractivity contribution >= 4 is 15.9 Å². The number of carbonyl (C=O) groups excluding carboxylic acids is 1. The number of rotatable bonds is 6. The molecule has 2 heterocycles. The summed E-state index contributed by atoms with van der Waals surface area (Å²) in [5, 5.41) is 2.88. The SMILES string of the molecule is C[C@@H](Cc1cnccn1)NC(=O)c1cccc(S(=O)(=O)N2CCCC2)c1. The average Bonchev–Trinajstić information content (AvgIpc) is 3.18. The number of nitrogens with zero attached hydrogens (tertiary/aromatic N) is 3. The Labute approximate surface area is 153 Å². The first-order valence-electron chi connectivity index (χ1n) is 8.63. The van der Waals surface area contributed by atoms with Crippen LogP contribution >= 0.6 is 0 Å². The highest BCUT2D eigenvalue weighted by Crippen LogP contribution is 2.21. The molecule has 1 atom stereocenters. The highest BCUT2D eigenvalue weighted by atomic mass is 32.2. The molecule has 7 nitrogen and oxygen atoms in total. The summed E-state index contributed by atoms with van der Waals surface area (Å²) in [5.41, 5.74) is 1.11. The van der Waals surface area contributed by atoms with Gasteiger partial charge in [-0.2, -0.15) is 4.31 Å². The zero-order chi connectivity index (χ0) is 18.6. The van der Waals surface area contributed by atoms with Gasteiger partial charge in [-0.1, -0.05) is 6.07 Å². The van der Waals surface area contributed by atoms with E-state index in [2.05, 4.69) is 15.3 Å². The lowest BCUT2D eigenvalue weighted by Gasteiger charge is -2.17. The summed E-state index contributed by atoms with van der Waals surface area (Å²) in [6, 6.07) is 6.04. The Morgan fingerprint density at radius 1 is 1.27 bits per heavy atom. The van der Waals surface area contributed by atoms with Gasteiger partial charge >= 0.3 is 0 Å². The Morgan fingerprint density at radius 3 is 2.73 bits per heavy atom. The molecule has 0 radical (unpaired) electrons. The summed E-state index contributed by atoms with van der Waals surface area (Å²) < 4.78 is 26.8. The van der Waals surface area contributed by atoms with Gasteiger partial charge in [0.15, 0.2) is 0 Å². The van der Waals surface area contributed by atoms with Gasteiger partial charge in [-0.05, 0) is 38.0 Å². The number of hydrogen-bond acceptors (Lipinski definition) is 5. The van der Waals surface area contributed by atoms with E-state index in [0.717, 1.165) is 18.5 Å². The predicted octanol–water partition coefficient (Wildman–Crippen LogP) is 1.62. The van der Waals surface area contributed by atoms with Crippen LogP contribution in [0.1, 0.15) is 35.8 Å². The van der Waals surface area contributed by atoms with Gasteiger partial charge in [0.05, 0.1) is 10.6 Å². The molecular weight excluding hydrogens is 352 g/mol. The second kappa shape index (κ2) is 7.92. The van der Waals surface area contributed by atoms with Crippen molar-refractivity contribution in [3.63, 3.8) is 0 Å². The predicted molar refractivity (Wildman–Crippen MR) is 97.1 cm³/mol. The lowest BCUT2D eigenvalue weighted by Crippen LogP contribution is -2.34. The molecule has 0 aliphatic carbocycles. The van der Waals surface area contributed by atoms with E-state index < -0.39 is 10.0 Å². The van der Waals surface area contributed by atoms with Crippen molar-refractivity contribution < 1.29 is 13.2 Å². The van der Waals surface area contributed by atoms with Crippen molar-refractivity contribution in [1.29, 1.82) is 0 Å². The van der Waals surface area contributed by atoms with Gasteiger partial charge in [0.1, 0.15) is 0 Å². The minimum absolute atomic E-state index is 0.155. The monoisotopic (exact) mass is 374 g/mol. The standard InChI is InChI=1S/C18H22N4O3S/c1-14(11-16-13-19-7-8-20-16)21-18(23)15-5-4-6-17(12-15)26(24,25)22-9-2-3-10-22/h4-8,12-14H,2-3,9-11H2,1H3,(H,21,23)/t14-/m0/s1. The molecule has 0 bridgehead atoms. The maximum atomic E-state index is 12.7. The van der Waals surface area contributed by atoms with E-state index in [9.17, 15) is 13.2 Å². The van der Waals surface area contributed by atoms with Crippen LogP contribution in [0.2, 0.25) is 0 Å². The fourth-order valence-corrected chi connectivity index (χ4v) is 4.55. The van der Waals surface area contributed by atoms with E-state index in [1.54, 1.807) is 30.7 Å². The molecule has 138 valence electrons. The third kappa shape index (κ3) is 4.25. The zero-order valence-corrected chi connectivity index (χ0v) is 15.4. The van der Waals surface area contributed by atoms with Crippen LogP contribution in [0.15, 0.2) is 47.8 Å². The molecule has 0 spiro atoms. The van der Waals surface area contributed by atoms with Gasteiger partial charge in [0, 0.05) is 49.7 Å². The van der Waals surface area contributed by atoms with Crippen LogP contribution in [-0.4, -0.2) is 47.7 Å². The molecule has 2 aromatic rings. The number of sulfonamides is 1. The van der Waals surface area contributed by atoms with E-state index in [0.29, 0.717) is 25.1 Å². The molecule has 1 aliphatic rings. The van der Waals surface area contributed by atoms with Gasteiger partial charge < -0.3 is 5.32 Å². The second-order valence-electron chi connectivity index (χ2n) is 6.41. The van der Waals surface area contributed by atoms with E-state index in [1.807, 2.05) is 6.92 Å². The molecule has 0 saturated carbocycles. The normalized spacial score (nSPS) is 16.3. The maximum absolute atomic E-state index is 12.7. The van der Waals surface area contributed by atoms with E-state index >= 15 is 0 Å². The first kappa shape index (κ1) is 18.5. The summed E-state index contributed by atoms with van der Waals surface area (Å²) >= 11 is 0. The minimum atomic E-state index is -3.54. The highest BCUT2D eigenvalue weighted by Gasteiger charge is 2.27. The number of nitrogens with one attached hydrogen (secondary N) is 1. The number of benzene rings is 1. The molecule has 26 heavy (non-hydrogen) atoms. The largest absolute Gasteiger partial charge is 0.349 e. The molecule has 1 amide bonds. The molecule has 1 fully saturated rings. The molecule has 1 aliphatic heterocycles. The van der Waals surface area contributed by atoms with Crippen LogP contribution < -0.4 is 5.32 Å². The lowest BCUT2D eigenvalue weighted by atomic mass is 10.1. The number of aromatic nitrogens is 2. The van der Waals surface area contributed by atoms with Crippen molar-refractivity contribution in [1.82, 2.24) is 19.6 Å². The van der Waals surface area contributed by atoms with E-state index in [1.165, 1.54) is 16.4 Å². The lowest BCUT2D eigenvalue weighted by molar-refractivity contribution is 0.0939.